The molecule has 0 spiro atoms. The molecule has 1 aromatic carbocycles. The zero-order valence-corrected chi connectivity index (χ0v) is 22.9. The maximum Gasteiger partial charge on any atom is 0.439 e. The van der Waals surface area contributed by atoms with Crippen molar-refractivity contribution >= 4 is 40.0 Å². The van der Waals surface area contributed by atoms with Gasteiger partial charge in [0.15, 0.2) is 5.43 Å². The summed E-state index contributed by atoms with van der Waals surface area (Å²) in [7, 11) is 0. The van der Waals surface area contributed by atoms with Gasteiger partial charge >= 0.3 is 5.76 Å². The highest BCUT2D eigenvalue weighted by Gasteiger charge is 2.21. The van der Waals surface area contributed by atoms with Crippen LogP contribution in [0.3, 0.4) is 0 Å². The van der Waals surface area contributed by atoms with E-state index in [1.54, 1.807) is 39.0 Å². The van der Waals surface area contributed by atoms with E-state index in [1.165, 1.54) is 12.4 Å². The molecule has 204 valence electrons. The monoisotopic (exact) mass is 552 g/mol. The van der Waals surface area contributed by atoms with Crippen LogP contribution < -0.4 is 22.2 Å². The first kappa shape index (κ1) is 27.8. The van der Waals surface area contributed by atoms with E-state index in [2.05, 4.69) is 30.0 Å². The molecule has 0 aliphatic heterocycles. The van der Waals surface area contributed by atoms with E-state index >= 15 is 0 Å². The molecule has 3 heterocycles. The molecular formula is C27H29ClN6O5. The second-order valence-corrected chi connectivity index (χ2v) is 10.2. The number of hydrogen-bond acceptors (Lipinski definition) is 10. The average molecular weight is 553 g/mol. The topological polar surface area (TPSA) is 173 Å². The van der Waals surface area contributed by atoms with Gasteiger partial charge in [0.1, 0.15) is 22.2 Å². The number of nitrogens with one attached hydrogen (secondary N) is 2. The van der Waals surface area contributed by atoms with Crippen molar-refractivity contribution in [3.05, 3.63) is 78.8 Å². The van der Waals surface area contributed by atoms with Crippen molar-refractivity contribution in [2.45, 2.75) is 46.3 Å². The molecule has 0 saturated heterocycles. The summed E-state index contributed by atoms with van der Waals surface area (Å²) in [6, 6.07) is 6.58. The Balaban J connectivity index is 1.82. The van der Waals surface area contributed by atoms with Crippen molar-refractivity contribution in [3.8, 4) is 11.5 Å². The Kier molecular flexibility index (Phi) is 7.75. The number of benzene rings is 1. The Labute approximate surface area is 228 Å². The van der Waals surface area contributed by atoms with Gasteiger partial charge in [-0.15, -0.1) is 0 Å². The van der Waals surface area contributed by atoms with Crippen LogP contribution in [0, 0.1) is 13.8 Å². The molecule has 5 N–H and O–H groups in total. The summed E-state index contributed by atoms with van der Waals surface area (Å²) < 4.78 is 11.0. The van der Waals surface area contributed by atoms with E-state index in [4.69, 9.17) is 21.8 Å². The summed E-state index contributed by atoms with van der Waals surface area (Å²) in [5, 5.41) is 17.7. The summed E-state index contributed by atoms with van der Waals surface area (Å²) in [5.74, 6) is -0.338. The van der Waals surface area contributed by atoms with Crippen LogP contribution in [0.15, 0.2) is 54.0 Å². The molecule has 12 heteroatoms. The van der Waals surface area contributed by atoms with Crippen LogP contribution in [-0.2, 0) is 0 Å². The molecule has 4 rings (SSSR count). The number of hydrogen-bond donors (Lipinski definition) is 4. The molecule has 11 nitrogen and oxygen atoms in total. The molecule has 0 aliphatic carbocycles. The summed E-state index contributed by atoms with van der Waals surface area (Å²) in [6.07, 6.45) is 2.79. The molecule has 4 aromatic rings. The molecule has 0 bridgehead atoms. The number of nitrogens with zero attached hydrogens (tertiary/aromatic N) is 3. The molecule has 0 aliphatic rings. The van der Waals surface area contributed by atoms with Crippen LogP contribution in [0.1, 0.15) is 49.3 Å². The Morgan fingerprint density at radius 1 is 1.31 bits per heavy atom. The van der Waals surface area contributed by atoms with E-state index in [1.807, 2.05) is 19.9 Å². The van der Waals surface area contributed by atoms with Gasteiger partial charge in [-0.2, -0.15) is 0 Å². The van der Waals surface area contributed by atoms with Gasteiger partial charge in [0.2, 0.25) is 5.82 Å². The summed E-state index contributed by atoms with van der Waals surface area (Å²) in [6.45, 7) is 8.87. The lowest BCUT2D eigenvalue weighted by Gasteiger charge is -2.20. The molecular weight excluding hydrogens is 524 g/mol. The third-order valence-corrected chi connectivity index (χ3v) is 6.12. The molecule has 39 heavy (non-hydrogen) atoms. The molecule has 1 atom stereocenters. The number of pyridine rings is 1. The van der Waals surface area contributed by atoms with E-state index in [0.717, 1.165) is 5.56 Å². The van der Waals surface area contributed by atoms with E-state index in [9.17, 15) is 14.7 Å². The van der Waals surface area contributed by atoms with Crippen molar-refractivity contribution < 1.29 is 14.0 Å². The Bertz CT molecular complexity index is 1710. The quantitative estimate of drug-likeness (QED) is 0.185. The van der Waals surface area contributed by atoms with Crippen molar-refractivity contribution in [2.75, 3.05) is 11.9 Å². The fourth-order valence-corrected chi connectivity index (χ4v) is 4.23. The van der Waals surface area contributed by atoms with Gasteiger partial charge in [-0.3, -0.25) is 19.3 Å². The van der Waals surface area contributed by atoms with Crippen molar-refractivity contribution in [2.24, 2.45) is 10.7 Å². The van der Waals surface area contributed by atoms with E-state index in [0.29, 0.717) is 33.4 Å². The number of aryl methyl sites for hydroxylation is 1. The zero-order chi connectivity index (χ0) is 28.5. The van der Waals surface area contributed by atoms with Crippen LogP contribution in [0.25, 0.3) is 28.1 Å². The number of halogens is 1. The minimum absolute atomic E-state index is 0.110. The molecule has 1 unspecified atom stereocenters. The number of allylic oxidation sites excluding steroid dienone is 1. The van der Waals surface area contributed by atoms with E-state index < -0.39 is 17.4 Å². The van der Waals surface area contributed by atoms with Crippen molar-refractivity contribution in [1.29, 1.82) is 0 Å². The highest BCUT2D eigenvalue weighted by atomic mass is 35.5. The summed E-state index contributed by atoms with van der Waals surface area (Å²) in [4.78, 5) is 36.0. The fourth-order valence-electron chi connectivity index (χ4n) is 4.08. The number of aliphatic imine (C=N–C) groups is 1. The van der Waals surface area contributed by atoms with Crippen LogP contribution in [0.5, 0.6) is 0 Å². The van der Waals surface area contributed by atoms with Gasteiger partial charge in [-0.25, -0.2) is 9.78 Å². The van der Waals surface area contributed by atoms with Crippen LogP contribution in [0.2, 0.25) is 5.15 Å². The van der Waals surface area contributed by atoms with Crippen molar-refractivity contribution in [3.63, 3.8) is 0 Å². The third-order valence-electron chi connectivity index (χ3n) is 5.91. The van der Waals surface area contributed by atoms with E-state index in [-0.39, 0.29) is 34.4 Å². The van der Waals surface area contributed by atoms with Gasteiger partial charge in [0.05, 0.1) is 34.8 Å². The molecule has 3 aromatic heterocycles. The minimum Gasteiger partial charge on any atom is -0.455 e. The number of aliphatic hydroxyl groups is 1. The minimum atomic E-state index is -1.00. The van der Waals surface area contributed by atoms with Crippen molar-refractivity contribution in [1.82, 2.24) is 15.1 Å². The van der Waals surface area contributed by atoms with Crippen LogP contribution in [-0.4, -0.2) is 38.6 Å². The predicted molar refractivity (Wildman–Crippen MR) is 151 cm³/mol. The van der Waals surface area contributed by atoms with Gasteiger partial charge in [0, 0.05) is 23.5 Å². The first-order valence-electron chi connectivity index (χ1n) is 12.1. The molecule has 0 saturated carbocycles. The second-order valence-electron chi connectivity index (χ2n) is 9.86. The Morgan fingerprint density at radius 2 is 2.05 bits per heavy atom. The number of aromatic amines is 1. The first-order chi connectivity index (χ1) is 18.4. The standard InChI is InChI=1S/C27H29ClN6O5/c1-13-8-17(15(3)31-19-6-7-20(28)32-21(19)25-33-26(36)39-34-25)24-18(9-13)22(35)14(2)23(38-24)16(10-29)11-30-12-27(4,5)37/h6-11,15,31,37H,12,29H2,1-5H3,(H,33,34,36)/b16-10+,30-11?. The number of H-pyrrole nitrogens is 1. The summed E-state index contributed by atoms with van der Waals surface area (Å²) in [5.41, 5.74) is 8.19. The highest BCUT2D eigenvalue weighted by Crippen LogP contribution is 2.33. The second kappa shape index (κ2) is 10.9. The van der Waals surface area contributed by atoms with Gasteiger partial charge in [0.25, 0.3) is 0 Å². The lowest BCUT2D eigenvalue weighted by Crippen LogP contribution is -2.22. The summed E-state index contributed by atoms with van der Waals surface area (Å²) >= 11 is 6.10. The maximum atomic E-state index is 13.5. The zero-order valence-electron chi connectivity index (χ0n) is 22.1. The number of rotatable bonds is 8. The Morgan fingerprint density at radius 3 is 2.69 bits per heavy atom. The average Bonchev–Trinajstić information content (AvgIpc) is 3.30. The third kappa shape index (κ3) is 6.10. The van der Waals surface area contributed by atoms with Crippen LogP contribution in [0.4, 0.5) is 5.69 Å². The van der Waals surface area contributed by atoms with Gasteiger partial charge < -0.3 is 20.6 Å². The number of anilines is 1. The smallest absolute Gasteiger partial charge is 0.439 e. The number of fused-ring (bicyclic) bond motifs is 1. The highest BCUT2D eigenvalue weighted by molar-refractivity contribution is 6.29. The van der Waals surface area contributed by atoms with Gasteiger partial charge in [-0.05, 0) is 58.4 Å². The Hall–Kier alpha value is -4.22. The lowest BCUT2D eigenvalue weighted by molar-refractivity contribution is 0.0906. The largest absolute Gasteiger partial charge is 0.455 e. The molecule has 0 fully saturated rings. The molecule has 0 amide bonds. The predicted octanol–water partition coefficient (Wildman–Crippen LogP) is 4.12. The molecule has 0 radical (unpaired) electrons. The fraction of sp³-hybridized carbons (Fsp3) is 0.296. The van der Waals surface area contributed by atoms with Crippen LogP contribution >= 0.6 is 11.6 Å². The maximum absolute atomic E-state index is 13.5. The normalized spacial score (nSPS) is 13.4. The SMILES string of the molecule is Cc1cc(C(C)Nc2ccc(Cl)nc2-c2noc(=O)[nH]2)c2oc(/C(C=NCC(C)(C)O)=C/N)c(C)c(=O)c2c1. The lowest BCUT2D eigenvalue weighted by atomic mass is 9.99. The van der Waals surface area contributed by atoms with Gasteiger partial charge in [-0.1, -0.05) is 22.8 Å². The first-order valence-corrected chi connectivity index (χ1v) is 12.5. The number of nitrogens with two attached hydrogens (primary N) is 1. The number of aromatic nitrogens is 3.